The molecule has 2 N–H and O–H groups in total. The number of hydrogen-bond acceptors (Lipinski definition) is 8. The molecular formula is C22H22N6O6S. The minimum atomic E-state index is -4.32. The first-order chi connectivity index (χ1) is 16.6. The fourth-order valence-electron chi connectivity index (χ4n) is 3.54. The number of nitro benzene ring substituents is 1. The van der Waals surface area contributed by atoms with E-state index < -0.39 is 26.2 Å². The summed E-state index contributed by atoms with van der Waals surface area (Å²) in [4.78, 5) is 23.6. The first-order valence-corrected chi connectivity index (χ1v) is 11.9. The van der Waals surface area contributed by atoms with E-state index in [2.05, 4.69) is 15.2 Å². The highest BCUT2D eigenvalue weighted by Gasteiger charge is 2.25. The van der Waals surface area contributed by atoms with E-state index in [1.807, 2.05) is 0 Å². The lowest BCUT2D eigenvalue weighted by Crippen LogP contribution is -2.23. The lowest BCUT2D eigenvalue weighted by atomic mass is 10.2. The Kier molecular flexibility index (Phi) is 6.18. The van der Waals surface area contributed by atoms with Crippen molar-refractivity contribution in [2.24, 2.45) is 7.05 Å². The van der Waals surface area contributed by atoms with Crippen molar-refractivity contribution in [3.8, 4) is 5.69 Å². The van der Waals surface area contributed by atoms with Crippen LogP contribution in [0.25, 0.3) is 5.69 Å². The molecule has 35 heavy (non-hydrogen) atoms. The predicted octanol–water partition coefficient (Wildman–Crippen LogP) is 3.10. The first-order valence-electron chi connectivity index (χ1n) is 10.4. The van der Waals surface area contributed by atoms with E-state index in [1.165, 1.54) is 21.5 Å². The number of nitro groups is 1. The molecule has 0 amide bonds. The molecule has 0 radical (unpaired) electrons. The van der Waals surface area contributed by atoms with Crippen molar-refractivity contribution in [2.45, 2.75) is 25.3 Å². The molecule has 2 aromatic carbocycles. The first kappa shape index (κ1) is 23.8. The highest BCUT2D eigenvalue weighted by atomic mass is 32.2. The highest BCUT2D eigenvalue weighted by molar-refractivity contribution is 7.92. The van der Waals surface area contributed by atoms with Crippen LogP contribution in [-0.2, 0) is 23.6 Å². The molecule has 0 aliphatic carbocycles. The third kappa shape index (κ3) is 4.66. The smallest absolute Gasteiger partial charge is 0.296 e. The zero-order valence-corrected chi connectivity index (χ0v) is 19.9. The number of benzene rings is 2. The Morgan fingerprint density at radius 1 is 1.11 bits per heavy atom. The lowest BCUT2D eigenvalue weighted by Gasteiger charge is -2.09. The Morgan fingerprint density at radius 3 is 2.46 bits per heavy atom. The molecular weight excluding hydrogens is 476 g/mol. The van der Waals surface area contributed by atoms with Crippen molar-refractivity contribution in [3.63, 3.8) is 0 Å². The second-order valence-corrected chi connectivity index (χ2v) is 9.45. The van der Waals surface area contributed by atoms with Gasteiger partial charge in [0.1, 0.15) is 11.4 Å². The van der Waals surface area contributed by atoms with Crippen LogP contribution in [0.2, 0.25) is 0 Å². The molecule has 2 heterocycles. The maximum absolute atomic E-state index is 13.1. The van der Waals surface area contributed by atoms with E-state index in [-0.39, 0.29) is 22.8 Å². The van der Waals surface area contributed by atoms with Gasteiger partial charge in [0.15, 0.2) is 5.76 Å². The van der Waals surface area contributed by atoms with Gasteiger partial charge in [0, 0.05) is 19.2 Å². The molecule has 0 fully saturated rings. The van der Waals surface area contributed by atoms with Crippen LogP contribution >= 0.6 is 0 Å². The Hall–Kier alpha value is -4.39. The van der Waals surface area contributed by atoms with Crippen LogP contribution in [-0.4, -0.2) is 27.9 Å². The van der Waals surface area contributed by atoms with Crippen LogP contribution in [0.15, 0.2) is 68.8 Å². The zero-order chi connectivity index (χ0) is 25.3. The number of para-hydroxylation sites is 1. The van der Waals surface area contributed by atoms with Gasteiger partial charge in [0.25, 0.3) is 21.3 Å². The Labute approximate surface area is 200 Å². The number of aryl methyl sites for hydroxylation is 1. The second-order valence-electron chi connectivity index (χ2n) is 7.77. The van der Waals surface area contributed by atoms with Crippen LogP contribution in [0.3, 0.4) is 0 Å². The molecule has 4 aromatic rings. The summed E-state index contributed by atoms with van der Waals surface area (Å²) < 4.78 is 36.4. The Bertz CT molecular complexity index is 1570. The Balaban J connectivity index is 1.66. The highest BCUT2D eigenvalue weighted by Crippen LogP contribution is 2.29. The van der Waals surface area contributed by atoms with E-state index in [0.29, 0.717) is 22.8 Å². The monoisotopic (exact) mass is 498 g/mol. The minimum Gasteiger partial charge on any atom is -0.372 e. The average molecular weight is 499 g/mol. The summed E-state index contributed by atoms with van der Waals surface area (Å²) in [5.41, 5.74) is 0.517. The van der Waals surface area contributed by atoms with Gasteiger partial charge < -0.3 is 9.84 Å². The maximum Gasteiger partial charge on any atom is 0.296 e. The molecule has 12 nitrogen and oxygen atoms in total. The zero-order valence-electron chi connectivity index (χ0n) is 19.0. The summed E-state index contributed by atoms with van der Waals surface area (Å²) in [7, 11) is -2.69. The molecule has 0 unspecified atom stereocenters. The van der Waals surface area contributed by atoms with Crippen LogP contribution in [0.4, 0.5) is 17.1 Å². The van der Waals surface area contributed by atoms with Crippen LogP contribution in [0.5, 0.6) is 0 Å². The van der Waals surface area contributed by atoms with Crippen molar-refractivity contribution in [1.29, 1.82) is 0 Å². The van der Waals surface area contributed by atoms with Gasteiger partial charge in [-0.15, -0.1) is 0 Å². The quantitative estimate of drug-likeness (QED) is 0.277. The SMILES string of the molecule is Cc1cc(CNc2ccc(S(=O)(=O)Nc3c(C)n(C)n(-c4ccccc4)c3=O)cc2[N+](=O)[O-])on1. The Morgan fingerprint density at radius 2 is 1.83 bits per heavy atom. The van der Waals surface area contributed by atoms with Gasteiger partial charge in [-0.05, 0) is 38.1 Å². The predicted molar refractivity (Wildman–Crippen MR) is 128 cm³/mol. The number of anilines is 2. The van der Waals surface area contributed by atoms with Crippen molar-refractivity contribution >= 4 is 27.1 Å². The summed E-state index contributed by atoms with van der Waals surface area (Å²) in [6.45, 7) is 3.46. The van der Waals surface area contributed by atoms with Gasteiger partial charge in [0.05, 0.1) is 33.4 Å². The fourth-order valence-corrected chi connectivity index (χ4v) is 4.68. The molecule has 0 spiro atoms. The largest absolute Gasteiger partial charge is 0.372 e. The molecule has 182 valence electrons. The molecule has 0 atom stereocenters. The molecule has 0 aliphatic rings. The molecule has 2 aromatic heterocycles. The van der Waals surface area contributed by atoms with Gasteiger partial charge in [0.2, 0.25) is 0 Å². The molecule has 0 saturated carbocycles. The molecule has 0 aliphatic heterocycles. The molecule has 0 bridgehead atoms. The second kappa shape index (κ2) is 9.10. The average Bonchev–Trinajstić information content (AvgIpc) is 3.34. The fraction of sp³-hybridized carbons (Fsp3) is 0.182. The number of nitrogens with one attached hydrogen (secondary N) is 2. The van der Waals surface area contributed by atoms with Gasteiger partial charge in [-0.25, -0.2) is 13.1 Å². The van der Waals surface area contributed by atoms with Gasteiger partial charge >= 0.3 is 0 Å². The van der Waals surface area contributed by atoms with Crippen molar-refractivity contribution in [2.75, 3.05) is 10.0 Å². The summed E-state index contributed by atoms with van der Waals surface area (Å²) in [6.07, 6.45) is 0. The number of aromatic nitrogens is 3. The van der Waals surface area contributed by atoms with Crippen LogP contribution in [0, 0.1) is 24.0 Å². The molecule has 0 saturated heterocycles. The maximum atomic E-state index is 13.1. The molecule has 13 heteroatoms. The minimum absolute atomic E-state index is 0.102. The van der Waals surface area contributed by atoms with E-state index >= 15 is 0 Å². The van der Waals surface area contributed by atoms with Crippen LogP contribution in [0.1, 0.15) is 17.1 Å². The van der Waals surface area contributed by atoms with Gasteiger partial charge in [-0.1, -0.05) is 23.4 Å². The third-order valence-electron chi connectivity index (χ3n) is 5.40. The van der Waals surface area contributed by atoms with E-state index in [4.69, 9.17) is 4.52 Å². The van der Waals surface area contributed by atoms with Crippen molar-refractivity contribution < 1.29 is 17.9 Å². The van der Waals surface area contributed by atoms with E-state index in [1.54, 1.807) is 57.3 Å². The topological polar surface area (TPSA) is 154 Å². The summed E-state index contributed by atoms with van der Waals surface area (Å²) in [5, 5.41) is 18.2. The number of hydrogen-bond donors (Lipinski definition) is 2. The number of nitrogens with zero attached hydrogens (tertiary/aromatic N) is 4. The van der Waals surface area contributed by atoms with Crippen molar-refractivity contribution in [1.82, 2.24) is 14.5 Å². The summed E-state index contributed by atoms with van der Waals surface area (Å²) in [5.74, 6) is 0.462. The van der Waals surface area contributed by atoms with Gasteiger partial charge in [-0.2, -0.15) is 0 Å². The summed E-state index contributed by atoms with van der Waals surface area (Å²) >= 11 is 0. The van der Waals surface area contributed by atoms with E-state index in [9.17, 15) is 23.3 Å². The number of sulfonamides is 1. The van der Waals surface area contributed by atoms with Crippen molar-refractivity contribution in [3.05, 3.63) is 92.2 Å². The standard InChI is InChI=1S/C22H22N6O6S/c1-14-11-17(34-24-14)13-23-19-10-9-18(12-20(19)28(30)31)35(32,33)25-21-15(2)26(3)27(22(21)29)16-7-5-4-6-8-16/h4-12,23,25H,13H2,1-3H3. The lowest BCUT2D eigenvalue weighted by molar-refractivity contribution is -0.384. The summed E-state index contributed by atoms with van der Waals surface area (Å²) in [6, 6.07) is 13.9. The van der Waals surface area contributed by atoms with Crippen LogP contribution < -0.4 is 15.6 Å². The molecule has 4 rings (SSSR count). The normalized spacial score (nSPS) is 11.4. The van der Waals surface area contributed by atoms with E-state index in [0.717, 1.165) is 6.07 Å². The van der Waals surface area contributed by atoms with Gasteiger partial charge in [-0.3, -0.25) is 24.3 Å². The third-order valence-corrected chi connectivity index (χ3v) is 6.74. The number of rotatable bonds is 8.